The molecule has 0 atom stereocenters. The Morgan fingerprint density at radius 3 is 2.38 bits per heavy atom. The van der Waals surface area contributed by atoms with Crippen LogP contribution in [0.5, 0.6) is 5.75 Å². The molecular formula is C22H22N2O4S. The van der Waals surface area contributed by atoms with Gasteiger partial charge in [0.25, 0.3) is 0 Å². The van der Waals surface area contributed by atoms with E-state index < -0.39 is 5.97 Å². The molecule has 1 amide bonds. The Morgan fingerprint density at radius 1 is 1.00 bits per heavy atom. The summed E-state index contributed by atoms with van der Waals surface area (Å²) in [5.41, 5.74) is 2.44. The number of thiophene rings is 1. The summed E-state index contributed by atoms with van der Waals surface area (Å²) in [6.45, 7) is 0.686. The third-order valence-corrected chi connectivity index (χ3v) is 5.19. The van der Waals surface area contributed by atoms with Crippen molar-refractivity contribution in [3.63, 3.8) is 0 Å². The van der Waals surface area contributed by atoms with E-state index >= 15 is 0 Å². The third kappa shape index (κ3) is 5.36. The first kappa shape index (κ1) is 20.4. The number of rotatable bonds is 8. The first-order valence-corrected chi connectivity index (χ1v) is 9.87. The summed E-state index contributed by atoms with van der Waals surface area (Å²) in [6.07, 6.45) is 0. The Bertz CT molecular complexity index is 954. The molecular weight excluding hydrogens is 388 g/mol. The topological polar surface area (TPSA) is 67.9 Å². The van der Waals surface area contributed by atoms with Gasteiger partial charge < -0.3 is 19.7 Å². The summed E-state index contributed by atoms with van der Waals surface area (Å²) in [5.74, 6) is 0.0609. The van der Waals surface area contributed by atoms with Crippen LogP contribution in [0.4, 0.5) is 11.4 Å². The third-order valence-electron chi connectivity index (χ3n) is 4.30. The molecule has 6 nitrogen and oxygen atoms in total. The summed E-state index contributed by atoms with van der Waals surface area (Å²) in [7, 11) is 2.93. The second-order valence-corrected chi connectivity index (χ2v) is 7.16. The van der Waals surface area contributed by atoms with Gasteiger partial charge in [-0.05, 0) is 41.3 Å². The highest BCUT2D eigenvalue weighted by atomic mass is 32.1. The molecule has 0 fully saturated rings. The molecule has 2 aromatic carbocycles. The molecule has 0 saturated carbocycles. The molecule has 1 heterocycles. The van der Waals surface area contributed by atoms with Crippen molar-refractivity contribution in [1.82, 2.24) is 0 Å². The standard InChI is InChI=1S/C22H22N2O4S/c1-27-18-10-8-17(9-11-18)24(14-16-6-4-3-5-7-16)15-20(25)23-19-12-13-29-21(19)22(26)28-2/h3-13H,14-15H2,1-2H3,(H,23,25). The minimum Gasteiger partial charge on any atom is -0.497 e. The number of methoxy groups -OCH3 is 2. The Labute approximate surface area is 173 Å². The van der Waals surface area contributed by atoms with Gasteiger partial charge >= 0.3 is 5.97 Å². The number of carbonyl (C=O) groups is 2. The molecule has 3 aromatic rings. The van der Waals surface area contributed by atoms with Crippen molar-refractivity contribution in [3.05, 3.63) is 76.5 Å². The van der Waals surface area contributed by atoms with E-state index in [4.69, 9.17) is 9.47 Å². The second kappa shape index (κ2) is 9.75. The number of carbonyl (C=O) groups excluding carboxylic acids is 2. The molecule has 0 saturated heterocycles. The maximum atomic E-state index is 12.7. The molecule has 0 unspecified atom stereocenters. The van der Waals surface area contributed by atoms with E-state index in [0.29, 0.717) is 17.1 Å². The normalized spacial score (nSPS) is 10.3. The van der Waals surface area contributed by atoms with E-state index in [1.807, 2.05) is 59.5 Å². The maximum absolute atomic E-state index is 12.7. The first-order valence-electron chi connectivity index (χ1n) is 8.99. The van der Waals surface area contributed by atoms with Crippen LogP contribution < -0.4 is 15.0 Å². The van der Waals surface area contributed by atoms with Gasteiger partial charge in [0.1, 0.15) is 10.6 Å². The number of benzene rings is 2. The smallest absolute Gasteiger partial charge is 0.350 e. The van der Waals surface area contributed by atoms with Crippen molar-refractivity contribution in [3.8, 4) is 5.75 Å². The fraction of sp³-hybridized carbons (Fsp3) is 0.182. The fourth-order valence-corrected chi connectivity index (χ4v) is 3.62. The van der Waals surface area contributed by atoms with E-state index in [2.05, 4.69) is 5.32 Å². The van der Waals surface area contributed by atoms with E-state index in [9.17, 15) is 9.59 Å². The number of hydrogen-bond donors (Lipinski definition) is 1. The molecule has 0 spiro atoms. The largest absolute Gasteiger partial charge is 0.497 e. The van der Waals surface area contributed by atoms with E-state index in [-0.39, 0.29) is 12.5 Å². The SMILES string of the molecule is COC(=O)c1sccc1NC(=O)CN(Cc1ccccc1)c1ccc(OC)cc1. The van der Waals surface area contributed by atoms with Crippen molar-refractivity contribution in [2.75, 3.05) is 31.0 Å². The second-order valence-electron chi connectivity index (χ2n) is 6.24. The lowest BCUT2D eigenvalue weighted by atomic mass is 10.2. The Morgan fingerprint density at radius 2 is 1.72 bits per heavy atom. The zero-order chi connectivity index (χ0) is 20.6. The monoisotopic (exact) mass is 410 g/mol. The number of hydrogen-bond acceptors (Lipinski definition) is 6. The Hall–Kier alpha value is -3.32. The minimum atomic E-state index is -0.466. The van der Waals surface area contributed by atoms with Crippen molar-refractivity contribution in [2.45, 2.75) is 6.54 Å². The van der Waals surface area contributed by atoms with Crippen LogP contribution in [-0.4, -0.2) is 32.6 Å². The van der Waals surface area contributed by atoms with Gasteiger partial charge in [-0.2, -0.15) is 0 Å². The number of anilines is 2. The average molecular weight is 410 g/mol. The van der Waals surface area contributed by atoms with Crippen LogP contribution in [0, 0.1) is 0 Å². The van der Waals surface area contributed by atoms with Crippen molar-refractivity contribution in [1.29, 1.82) is 0 Å². The number of ether oxygens (including phenoxy) is 2. The van der Waals surface area contributed by atoms with Gasteiger partial charge in [0.15, 0.2) is 0 Å². The number of esters is 1. The summed E-state index contributed by atoms with van der Waals surface area (Å²) in [5, 5.41) is 4.56. The summed E-state index contributed by atoms with van der Waals surface area (Å²) < 4.78 is 9.99. The predicted octanol–water partition coefficient (Wildman–Crippen LogP) is 4.19. The molecule has 1 N–H and O–H groups in total. The minimum absolute atomic E-state index is 0.123. The van der Waals surface area contributed by atoms with Crippen LogP contribution in [0.15, 0.2) is 66.0 Å². The van der Waals surface area contributed by atoms with Crippen molar-refractivity contribution < 1.29 is 19.1 Å². The van der Waals surface area contributed by atoms with Crippen LogP contribution in [0.2, 0.25) is 0 Å². The summed E-state index contributed by atoms with van der Waals surface area (Å²) in [4.78, 5) is 26.9. The molecule has 0 aliphatic carbocycles. The highest BCUT2D eigenvalue weighted by molar-refractivity contribution is 7.12. The molecule has 0 aliphatic rings. The fourth-order valence-electron chi connectivity index (χ4n) is 2.86. The van der Waals surface area contributed by atoms with Gasteiger partial charge in [0.05, 0.1) is 26.5 Å². The van der Waals surface area contributed by atoms with Gasteiger partial charge in [-0.15, -0.1) is 11.3 Å². The highest BCUT2D eigenvalue weighted by Crippen LogP contribution is 2.24. The van der Waals surface area contributed by atoms with Crippen LogP contribution in [0.1, 0.15) is 15.2 Å². The zero-order valence-electron chi connectivity index (χ0n) is 16.3. The molecule has 150 valence electrons. The van der Waals surface area contributed by atoms with Crippen molar-refractivity contribution >= 4 is 34.6 Å². The molecule has 0 aliphatic heterocycles. The van der Waals surface area contributed by atoms with E-state index in [1.54, 1.807) is 18.6 Å². The molecule has 0 bridgehead atoms. The van der Waals surface area contributed by atoms with Crippen LogP contribution >= 0.6 is 11.3 Å². The highest BCUT2D eigenvalue weighted by Gasteiger charge is 2.18. The lowest BCUT2D eigenvalue weighted by Gasteiger charge is -2.24. The number of nitrogens with zero attached hydrogens (tertiary/aromatic N) is 1. The maximum Gasteiger partial charge on any atom is 0.350 e. The van der Waals surface area contributed by atoms with Crippen molar-refractivity contribution in [2.24, 2.45) is 0 Å². The first-order chi connectivity index (χ1) is 14.1. The van der Waals surface area contributed by atoms with E-state index in [0.717, 1.165) is 17.0 Å². The van der Waals surface area contributed by atoms with Gasteiger partial charge in [0, 0.05) is 12.2 Å². The average Bonchev–Trinajstić information content (AvgIpc) is 3.21. The lowest BCUT2D eigenvalue weighted by molar-refractivity contribution is -0.115. The van der Waals surface area contributed by atoms with Gasteiger partial charge in [-0.1, -0.05) is 30.3 Å². The van der Waals surface area contributed by atoms with Gasteiger partial charge in [0.2, 0.25) is 5.91 Å². The van der Waals surface area contributed by atoms with Gasteiger partial charge in [-0.3, -0.25) is 4.79 Å². The summed E-state index contributed by atoms with van der Waals surface area (Å²) in [6, 6.07) is 19.2. The van der Waals surface area contributed by atoms with Crippen LogP contribution in [-0.2, 0) is 16.1 Å². The molecule has 1 aromatic heterocycles. The Kier molecular flexibility index (Phi) is 6.86. The van der Waals surface area contributed by atoms with Crippen LogP contribution in [0.25, 0.3) is 0 Å². The lowest BCUT2D eigenvalue weighted by Crippen LogP contribution is -2.33. The van der Waals surface area contributed by atoms with Crippen LogP contribution in [0.3, 0.4) is 0 Å². The predicted molar refractivity (Wildman–Crippen MR) is 115 cm³/mol. The molecule has 7 heteroatoms. The molecule has 0 radical (unpaired) electrons. The van der Waals surface area contributed by atoms with E-state index in [1.165, 1.54) is 18.4 Å². The quantitative estimate of drug-likeness (QED) is 0.564. The number of nitrogens with one attached hydrogen (secondary N) is 1. The summed E-state index contributed by atoms with van der Waals surface area (Å²) >= 11 is 1.23. The van der Waals surface area contributed by atoms with Gasteiger partial charge in [-0.25, -0.2) is 4.79 Å². The molecule has 29 heavy (non-hydrogen) atoms. The zero-order valence-corrected chi connectivity index (χ0v) is 17.1. The number of amides is 1. The Balaban J connectivity index is 1.77. The molecule has 3 rings (SSSR count).